The molecular formula is C20H14N4O7. The summed E-state index contributed by atoms with van der Waals surface area (Å²) in [5, 5.41) is 30.1. The Morgan fingerprint density at radius 1 is 0.839 bits per heavy atom. The van der Waals surface area contributed by atoms with Crippen LogP contribution in [0.3, 0.4) is 0 Å². The highest BCUT2D eigenvalue weighted by Crippen LogP contribution is 2.31. The van der Waals surface area contributed by atoms with Crippen LogP contribution in [0.1, 0.15) is 10.4 Å². The first kappa shape index (κ1) is 21.0. The number of benzene rings is 3. The zero-order valence-electron chi connectivity index (χ0n) is 16.0. The van der Waals surface area contributed by atoms with E-state index in [1.807, 2.05) is 0 Å². The second-order valence-electron chi connectivity index (χ2n) is 6.00. The lowest BCUT2D eigenvalue weighted by molar-refractivity contribution is -0.394. The summed E-state index contributed by atoms with van der Waals surface area (Å²) in [6, 6.07) is 15.6. The summed E-state index contributed by atoms with van der Waals surface area (Å²) in [5.74, 6) is -0.575. The van der Waals surface area contributed by atoms with E-state index in [0.29, 0.717) is 17.1 Å². The van der Waals surface area contributed by atoms with Crippen LogP contribution < -0.4 is 9.47 Å². The number of non-ortho nitro benzene ring substituents is 1. The monoisotopic (exact) mass is 422 g/mol. The highest BCUT2D eigenvalue weighted by atomic mass is 16.6. The standard InChI is InChI=1S/C20H14N4O7/c1-30-17-9-6-15(7-10-17)22-21-14-4-2-13(3-5-14)20(25)31-19-11-8-16(23(26)27)12-18(19)24(28)29/h2-12H,1H3. The molecule has 0 radical (unpaired) electrons. The number of hydrogen-bond donors (Lipinski definition) is 0. The first-order valence-corrected chi connectivity index (χ1v) is 8.68. The Hall–Kier alpha value is -4.67. The second kappa shape index (κ2) is 9.22. The first-order chi connectivity index (χ1) is 14.9. The number of esters is 1. The predicted molar refractivity (Wildman–Crippen MR) is 108 cm³/mol. The van der Waals surface area contributed by atoms with Crippen molar-refractivity contribution in [3.63, 3.8) is 0 Å². The maximum absolute atomic E-state index is 12.3. The maximum atomic E-state index is 12.3. The average Bonchev–Trinajstić information content (AvgIpc) is 2.78. The topological polar surface area (TPSA) is 147 Å². The normalized spacial score (nSPS) is 10.6. The molecule has 0 bridgehead atoms. The molecule has 0 saturated heterocycles. The maximum Gasteiger partial charge on any atom is 0.343 e. The number of hydrogen-bond acceptors (Lipinski definition) is 9. The van der Waals surface area contributed by atoms with Crippen molar-refractivity contribution in [2.45, 2.75) is 0 Å². The highest BCUT2D eigenvalue weighted by Gasteiger charge is 2.23. The van der Waals surface area contributed by atoms with Gasteiger partial charge in [-0.15, -0.1) is 0 Å². The molecule has 0 aromatic heterocycles. The molecular weight excluding hydrogens is 408 g/mol. The Kier molecular flexibility index (Phi) is 6.26. The zero-order valence-corrected chi connectivity index (χ0v) is 16.0. The Morgan fingerprint density at radius 3 is 1.94 bits per heavy atom. The predicted octanol–water partition coefficient (Wildman–Crippen LogP) is 5.15. The van der Waals surface area contributed by atoms with Crippen molar-refractivity contribution in [2.75, 3.05) is 7.11 Å². The van der Waals surface area contributed by atoms with Gasteiger partial charge in [-0.3, -0.25) is 20.2 Å². The van der Waals surface area contributed by atoms with Gasteiger partial charge in [-0.1, -0.05) is 0 Å². The van der Waals surface area contributed by atoms with E-state index < -0.39 is 32.9 Å². The molecule has 0 spiro atoms. The Morgan fingerprint density at radius 2 is 1.42 bits per heavy atom. The highest BCUT2D eigenvalue weighted by molar-refractivity contribution is 5.91. The molecule has 11 nitrogen and oxygen atoms in total. The van der Waals surface area contributed by atoms with E-state index in [2.05, 4.69) is 10.2 Å². The van der Waals surface area contributed by atoms with Gasteiger partial charge in [0.25, 0.3) is 5.69 Å². The van der Waals surface area contributed by atoms with Crippen LogP contribution in [0.5, 0.6) is 11.5 Å². The van der Waals surface area contributed by atoms with Crippen molar-refractivity contribution in [1.82, 2.24) is 0 Å². The number of methoxy groups -OCH3 is 1. The lowest BCUT2D eigenvalue weighted by atomic mass is 10.2. The second-order valence-corrected chi connectivity index (χ2v) is 6.00. The number of carbonyl (C=O) groups is 1. The average molecular weight is 422 g/mol. The van der Waals surface area contributed by atoms with Crippen molar-refractivity contribution in [1.29, 1.82) is 0 Å². The molecule has 31 heavy (non-hydrogen) atoms. The molecule has 0 aliphatic heterocycles. The molecule has 0 fully saturated rings. The van der Waals surface area contributed by atoms with Crippen molar-refractivity contribution < 1.29 is 24.1 Å². The van der Waals surface area contributed by atoms with E-state index in [1.165, 1.54) is 24.3 Å². The largest absolute Gasteiger partial charge is 0.497 e. The smallest absolute Gasteiger partial charge is 0.343 e. The molecule has 0 amide bonds. The number of nitrogens with zero attached hydrogens (tertiary/aromatic N) is 4. The number of nitro benzene ring substituents is 2. The van der Waals surface area contributed by atoms with E-state index >= 15 is 0 Å². The molecule has 0 heterocycles. The minimum absolute atomic E-state index is 0.107. The van der Waals surface area contributed by atoms with Gasteiger partial charge < -0.3 is 9.47 Å². The van der Waals surface area contributed by atoms with Crippen LogP contribution in [0, 0.1) is 20.2 Å². The van der Waals surface area contributed by atoms with Crippen LogP contribution in [0.25, 0.3) is 0 Å². The summed E-state index contributed by atoms with van der Waals surface area (Å²) >= 11 is 0. The molecule has 0 aliphatic carbocycles. The summed E-state index contributed by atoms with van der Waals surface area (Å²) in [5.41, 5.74) is 0.00466. The molecule has 0 atom stereocenters. The Labute approximate surface area is 174 Å². The fourth-order valence-corrected chi connectivity index (χ4v) is 2.44. The van der Waals surface area contributed by atoms with Crippen LogP contribution >= 0.6 is 0 Å². The fraction of sp³-hybridized carbons (Fsp3) is 0.0500. The molecule has 0 N–H and O–H groups in total. The van der Waals surface area contributed by atoms with E-state index in [1.54, 1.807) is 31.4 Å². The molecule has 0 saturated carbocycles. The van der Waals surface area contributed by atoms with Gasteiger partial charge in [-0.05, 0) is 54.6 Å². The van der Waals surface area contributed by atoms with Gasteiger partial charge in [-0.2, -0.15) is 10.2 Å². The lowest BCUT2D eigenvalue weighted by Gasteiger charge is -2.05. The van der Waals surface area contributed by atoms with Crippen LogP contribution in [-0.2, 0) is 0 Å². The van der Waals surface area contributed by atoms with Crippen molar-refractivity contribution in [2.24, 2.45) is 10.2 Å². The SMILES string of the molecule is COc1ccc(N=Nc2ccc(C(=O)Oc3ccc([N+](=O)[O-])cc3[N+](=O)[O-])cc2)cc1. The Bertz CT molecular complexity index is 1160. The van der Waals surface area contributed by atoms with E-state index in [0.717, 1.165) is 18.2 Å². The third kappa shape index (κ3) is 5.23. The van der Waals surface area contributed by atoms with E-state index in [9.17, 15) is 25.0 Å². The van der Waals surface area contributed by atoms with Gasteiger partial charge in [0.2, 0.25) is 5.75 Å². The Balaban J connectivity index is 1.72. The molecule has 3 aromatic rings. The third-order valence-corrected chi connectivity index (χ3v) is 4.01. The van der Waals surface area contributed by atoms with Crippen LogP contribution in [0.2, 0.25) is 0 Å². The van der Waals surface area contributed by atoms with Crippen molar-refractivity contribution >= 4 is 28.7 Å². The molecule has 156 valence electrons. The van der Waals surface area contributed by atoms with Crippen LogP contribution in [0.4, 0.5) is 22.7 Å². The first-order valence-electron chi connectivity index (χ1n) is 8.68. The molecule has 0 aliphatic rings. The number of azo groups is 1. The summed E-state index contributed by atoms with van der Waals surface area (Å²) < 4.78 is 10.1. The quantitative estimate of drug-likeness (QED) is 0.168. The summed E-state index contributed by atoms with van der Waals surface area (Å²) in [4.78, 5) is 32.6. The molecule has 0 unspecified atom stereocenters. The lowest BCUT2D eigenvalue weighted by Crippen LogP contribution is -2.09. The van der Waals surface area contributed by atoms with Crippen LogP contribution in [0.15, 0.2) is 77.0 Å². The van der Waals surface area contributed by atoms with Gasteiger partial charge in [0.05, 0.1) is 40.0 Å². The van der Waals surface area contributed by atoms with Gasteiger partial charge in [0.1, 0.15) is 5.75 Å². The third-order valence-electron chi connectivity index (χ3n) is 4.01. The van der Waals surface area contributed by atoms with E-state index in [4.69, 9.17) is 9.47 Å². The minimum Gasteiger partial charge on any atom is -0.497 e. The zero-order chi connectivity index (χ0) is 22.4. The number of ether oxygens (including phenoxy) is 2. The molecule has 3 rings (SSSR count). The fourth-order valence-electron chi connectivity index (χ4n) is 2.44. The van der Waals surface area contributed by atoms with Gasteiger partial charge in [-0.25, -0.2) is 4.79 Å². The summed E-state index contributed by atoms with van der Waals surface area (Å²) in [6.07, 6.45) is 0. The van der Waals surface area contributed by atoms with Gasteiger partial charge in [0.15, 0.2) is 0 Å². The van der Waals surface area contributed by atoms with Crippen LogP contribution in [-0.4, -0.2) is 22.9 Å². The molecule has 3 aromatic carbocycles. The van der Waals surface area contributed by atoms with E-state index in [-0.39, 0.29) is 5.56 Å². The summed E-state index contributed by atoms with van der Waals surface area (Å²) in [6.45, 7) is 0. The van der Waals surface area contributed by atoms with Gasteiger partial charge >= 0.3 is 11.7 Å². The minimum atomic E-state index is -0.865. The molecule has 11 heteroatoms. The number of carbonyl (C=O) groups excluding carboxylic acids is 1. The van der Waals surface area contributed by atoms with Crippen molar-refractivity contribution in [3.05, 3.63) is 92.5 Å². The van der Waals surface area contributed by atoms with Gasteiger partial charge in [0, 0.05) is 6.07 Å². The number of rotatable bonds is 7. The summed E-state index contributed by atoms with van der Waals surface area (Å²) in [7, 11) is 1.56. The number of nitro groups is 2. The van der Waals surface area contributed by atoms with Crippen molar-refractivity contribution in [3.8, 4) is 11.5 Å².